The van der Waals surface area contributed by atoms with Crippen molar-refractivity contribution in [2.24, 2.45) is 0 Å². The lowest BCUT2D eigenvalue weighted by atomic mass is 10.1. The van der Waals surface area contributed by atoms with Gasteiger partial charge in [0.15, 0.2) is 5.57 Å². The van der Waals surface area contributed by atoms with Crippen LogP contribution in [0.25, 0.3) is 17.3 Å². The summed E-state index contributed by atoms with van der Waals surface area (Å²) in [4.78, 5) is 25.7. The Balaban J connectivity index is 2.31. The van der Waals surface area contributed by atoms with Crippen molar-refractivity contribution in [2.75, 3.05) is 6.54 Å². The van der Waals surface area contributed by atoms with Gasteiger partial charge in [-0.1, -0.05) is 36.4 Å². The third kappa shape index (κ3) is 4.27. The minimum Gasteiger partial charge on any atom is -0.348 e. The average Bonchev–Trinajstić information content (AvgIpc) is 3.09. The molecule has 0 radical (unpaired) electrons. The molecule has 0 bridgehead atoms. The quantitative estimate of drug-likeness (QED) is 0.643. The van der Waals surface area contributed by atoms with Gasteiger partial charge in [-0.25, -0.2) is 0 Å². The van der Waals surface area contributed by atoms with Crippen molar-refractivity contribution in [2.45, 2.75) is 0 Å². The molecule has 0 saturated heterocycles. The smallest absolute Gasteiger partial charge is 0.273 e. The molecule has 146 valence electrons. The highest BCUT2D eigenvalue weighted by Gasteiger charge is 2.16. The normalized spacial score (nSPS) is 11.9. The van der Waals surface area contributed by atoms with Crippen LogP contribution < -0.4 is 20.1 Å². The number of para-hydroxylation sites is 1. The molecule has 7 heteroatoms. The molecule has 3 rings (SSSR count). The van der Waals surface area contributed by atoms with Crippen molar-refractivity contribution in [3.63, 3.8) is 0 Å². The molecule has 6 nitrogen and oxygen atoms in total. The largest absolute Gasteiger partial charge is 0.348 e. The van der Waals surface area contributed by atoms with Gasteiger partial charge in [0.05, 0.1) is 21.9 Å². The first-order valence-corrected chi connectivity index (χ1v) is 9.73. The highest BCUT2D eigenvalue weighted by molar-refractivity contribution is 7.07. The van der Waals surface area contributed by atoms with E-state index in [0.717, 1.165) is 16.9 Å². The predicted octanol–water partition coefficient (Wildman–Crippen LogP) is 1.58. The van der Waals surface area contributed by atoms with Gasteiger partial charge in [-0.3, -0.25) is 14.2 Å². The molecule has 0 fully saturated rings. The fraction of sp³-hybridized carbons (Fsp3) is 0.0435. The Labute approximate surface area is 176 Å². The second-order valence-electron chi connectivity index (χ2n) is 6.11. The van der Waals surface area contributed by atoms with Gasteiger partial charge in [0.2, 0.25) is 0 Å². The molecule has 0 aliphatic rings. The molecule has 0 unspecified atom stereocenters. The van der Waals surface area contributed by atoms with Gasteiger partial charge in [0.1, 0.15) is 10.7 Å². The summed E-state index contributed by atoms with van der Waals surface area (Å²) >= 11 is 1.06. The number of amides is 1. The summed E-state index contributed by atoms with van der Waals surface area (Å²) in [6, 6.07) is 19.6. The number of benzene rings is 2. The van der Waals surface area contributed by atoms with Crippen molar-refractivity contribution in [1.82, 2.24) is 9.88 Å². The number of nitriles is 2. The van der Waals surface area contributed by atoms with Crippen LogP contribution in [0.2, 0.25) is 0 Å². The third-order valence-corrected chi connectivity index (χ3v) is 5.23. The maximum atomic E-state index is 13.2. The van der Waals surface area contributed by atoms with E-state index in [9.17, 15) is 14.9 Å². The first-order chi connectivity index (χ1) is 14.6. The lowest BCUT2D eigenvalue weighted by molar-refractivity contribution is -0.115. The summed E-state index contributed by atoms with van der Waals surface area (Å²) < 4.78 is 1.98. The number of aromatic nitrogens is 1. The number of carbonyl (C=O) groups excluding carboxylic acids is 1. The summed E-state index contributed by atoms with van der Waals surface area (Å²) in [5.41, 5.74) is 1.31. The summed E-state index contributed by atoms with van der Waals surface area (Å²) in [6.45, 7) is 3.75. The van der Waals surface area contributed by atoms with Crippen molar-refractivity contribution in [3.8, 4) is 17.8 Å². The van der Waals surface area contributed by atoms with Gasteiger partial charge in [-0.15, -0.1) is 17.9 Å². The lowest BCUT2D eigenvalue weighted by Crippen LogP contribution is -2.33. The van der Waals surface area contributed by atoms with Gasteiger partial charge in [0.25, 0.3) is 11.5 Å². The Bertz CT molecular complexity index is 1350. The third-order valence-electron chi connectivity index (χ3n) is 4.14. The first-order valence-electron chi connectivity index (χ1n) is 8.91. The molecule has 30 heavy (non-hydrogen) atoms. The topological polar surface area (TPSA) is 98.7 Å². The van der Waals surface area contributed by atoms with E-state index in [0.29, 0.717) is 15.8 Å². The number of carbonyl (C=O) groups is 1. The van der Waals surface area contributed by atoms with Gasteiger partial charge in [-0.2, -0.15) is 10.5 Å². The van der Waals surface area contributed by atoms with Gasteiger partial charge in [0, 0.05) is 6.54 Å². The van der Waals surface area contributed by atoms with E-state index < -0.39 is 5.91 Å². The van der Waals surface area contributed by atoms with Crippen LogP contribution in [-0.2, 0) is 4.79 Å². The predicted molar refractivity (Wildman–Crippen MR) is 116 cm³/mol. The molecule has 1 aromatic heterocycles. The average molecular weight is 412 g/mol. The Morgan fingerprint density at radius 1 is 1.13 bits per heavy atom. The van der Waals surface area contributed by atoms with Gasteiger partial charge in [-0.05, 0) is 35.9 Å². The number of nitrogens with one attached hydrogen (secondary N) is 1. The van der Waals surface area contributed by atoms with Crippen molar-refractivity contribution >= 4 is 28.9 Å². The van der Waals surface area contributed by atoms with Crippen LogP contribution in [0.3, 0.4) is 0 Å². The molecule has 0 aliphatic heterocycles. The van der Waals surface area contributed by atoms with Crippen LogP contribution in [0.1, 0.15) is 11.1 Å². The molecule has 1 amide bonds. The van der Waals surface area contributed by atoms with Crippen LogP contribution >= 0.6 is 11.3 Å². The van der Waals surface area contributed by atoms with E-state index in [1.54, 1.807) is 54.6 Å². The molecule has 1 heterocycles. The summed E-state index contributed by atoms with van der Waals surface area (Å²) in [5.74, 6) is -0.576. The summed E-state index contributed by atoms with van der Waals surface area (Å²) in [6.07, 6.45) is 3.18. The Kier molecular flexibility index (Phi) is 6.39. The fourth-order valence-electron chi connectivity index (χ4n) is 2.72. The van der Waals surface area contributed by atoms with Crippen LogP contribution in [0.5, 0.6) is 0 Å². The molecular formula is C23H16N4O2S. The van der Waals surface area contributed by atoms with Gasteiger partial charge < -0.3 is 5.32 Å². The zero-order chi connectivity index (χ0) is 21.5. The Hall–Kier alpha value is -4.20. The minimum atomic E-state index is -0.576. The van der Waals surface area contributed by atoms with E-state index in [4.69, 9.17) is 5.26 Å². The summed E-state index contributed by atoms with van der Waals surface area (Å²) in [5, 5.41) is 21.2. The number of nitrogens with zero attached hydrogens (tertiary/aromatic N) is 3. The van der Waals surface area contributed by atoms with E-state index in [1.165, 1.54) is 10.6 Å². The lowest BCUT2D eigenvalue weighted by Gasteiger charge is -2.04. The van der Waals surface area contributed by atoms with Crippen molar-refractivity contribution in [1.29, 1.82) is 10.5 Å². The van der Waals surface area contributed by atoms with E-state index in [1.807, 2.05) is 18.2 Å². The number of rotatable bonds is 5. The molecular weight excluding hydrogens is 396 g/mol. The molecule has 1 N–H and O–H groups in total. The highest BCUT2D eigenvalue weighted by Crippen LogP contribution is 2.06. The van der Waals surface area contributed by atoms with Crippen molar-refractivity contribution in [3.05, 3.63) is 97.9 Å². The van der Waals surface area contributed by atoms with Crippen LogP contribution in [0, 0.1) is 22.7 Å². The van der Waals surface area contributed by atoms with E-state index >= 15 is 0 Å². The van der Waals surface area contributed by atoms with Crippen LogP contribution in [-0.4, -0.2) is 17.0 Å². The SMILES string of the molecule is C=CCNC(=O)/C(C#N)=c1\s/c(=C\c2ccc(C#N)cc2)c(=O)n1-c1ccccc1. The molecule has 3 aromatic rings. The maximum absolute atomic E-state index is 13.2. The minimum absolute atomic E-state index is 0.151. The zero-order valence-corrected chi connectivity index (χ0v) is 16.6. The zero-order valence-electron chi connectivity index (χ0n) is 15.8. The highest BCUT2D eigenvalue weighted by atomic mass is 32.1. The molecule has 2 aromatic carbocycles. The molecule has 0 saturated carbocycles. The monoisotopic (exact) mass is 412 g/mol. The molecule has 0 aliphatic carbocycles. The molecule has 0 atom stereocenters. The maximum Gasteiger partial charge on any atom is 0.273 e. The second-order valence-corrected chi connectivity index (χ2v) is 7.14. The van der Waals surface area contributed by atoms with Crippen molar-refractivity contribution < 1.29 is 4.79 Å². The van der Waals surface area contributed by atoms with Gasteiger partial charge >= 0.3 is 0 Å². The summed E-state index contributed by atoms with van der Waals surface area (Å²) in [7, 11) is 0. The van der Waals surface area contributed by atoms with Crippen LogP contribution in [0.15, 0.2) is 72.0 Å². The van der Waals surface area contributed by atoms with E-state index in [-0.39, 0.29) is 22.3 Å². The fourth-order valence-corrected chi connectivity index (χ4v) is 3.82. The van der Waals surface area contributed by atoms with E-state index in [2.05, 4.69) is 11.9 Å². The Morgan fingerprint density at radius 3 is 2.43 bits per heavy atom. The number of hydrogen-bond donors (Lipinski definition) is 1. The standard InChI is InChI=1S/C23H16N4O2S/c1-2-12-26-21(28)19(15-25)23-27(18-6-4-3-5-7-18)22(29)20(30-23)13-16-8-10-17(14-24)11-9-16/h2-11,13H,1,12H2,(H,26,28)/b20-13-,23-19-. The number of hydrogen-bond acceptors (Lipinski definition) is 5. The Morgan fingerprint density at radius 2 is 1.83 bits per heavy atom. The van der Waals surface area contributed by atoms with Crippen LogP contribution in [0.4, 0.5) is 0 Å². The first kappa shape index (κ1) is 20.5. The second kappa shape index (κ2) is 9.33. The number of thiazole rings is 1. The molecule has 0 spiro atoms.